The maximum absolute atomic E-state index is 9.81. The van der Waals surface area contributed by atoms with Crippen LogP contribution in [0.2, 0.25) is 0 Å². The molecule has 0 bridgehead atoms. The van der Waals surface area contributed by atoms with E-state index in [0.717, 1.165) is 5.56 Å². The fraction of sp³-hybridized carbons (Fsp3) is 0.500. The van der Waals surface area contributed by atoms with Crippen molar-refractivity contribution >= 4 is 21.6 Å². The first-order chi connectivity index (χ1) is 7.07. The van der Waals surface area contributed by atoms with E-state index in [0.29, 0.717) is 23.1 Å². The lowest BCUT2D eigenvalue weighted by molar-refractivity contribution is 0.0152. The van der Waals surface area contributed by atoms with E-state index in [-0.39, 0.29) is 0 Å². The van der Waals surface area contributed by atoms with Crippen molar-refractivity contribution in [1.29, 1.82) is 0 Å². The Morgan fingerprint density at radius 2 is 2.20 bits per heavy atom. The largest absolute Gasteiger partial charge is 0.397 e. The molecule has 0 aromatic carbocycles. The van der Waals surface area contributed by atoms with Crippen molar-refractivity contribution in [3.63, 3.8) is 0 Å². The molecule has 0 radical (unpaired) electrons. The molecule has 5 heteroatoms. The summed E-state index contributed by atoms with van der Waals surface area (Å²) < 4.78 is 0. The maximum Gasteiger partial charge on any atom is 0.124 e. The van der Waals surface area contributed by atoms with E-state index in [9.17, 15) is 10.2 Å². The number of pyridine rings is 1. The van der Waals surface area contributed by atoms with Crippen LogP contribution in [0.1, 0.15) is 23.8 Å². The number of hydrogen-bond donors (Lipinski definition) is 3. The Balaban J connectivity index is 2.90. The van der Waals surface area contributed by atoms with Crippen molar-refractivity contribution in [1.82, 2.24) is 4.98 Å². The molecule has 0 aliphatic carbocycles. The Morgan fingerprint density at radius 1 is 1.53 bits per heavy atom. The van der Waals surface area contributed by atoms with E-state index in [1.807, 2.05) is 6.92 Å². The van der Waals surface area contributed by atoms with Gasteiger partial charge in [0.25, 0.3) is 0 Å². The molecule has 4 N–H and O–H groups in total. The third kappa shape index (κ3) is 2.90. The van der Waals surface area contributed by atoms with Crippen molar-refractivity contribution < 1.29 is 10.2 Å². The summed E-state index contributed by atoms with van der Waals surface area (Å²) in [5.74, 6) is 0. The first-order valence-electron chi connectivity index (χ1n) is 4.71. The second-order valence-electron chi connectivity index (χ2n) is 3.42. The zero-order valence-electron chi connectivity index (χ0n) is 8.52. The zero-order valence-corrected chi connectivity index (χ0v) is 10.1. The molecular weight excluding hydrogens is 260 g/mol. The number of nitrogens with zero attached hydrogens (tertiary/aromatic N) is 1. The Kier molecular flexibility index (Phi) is 4.50. The molecule has 2 unspecified atom stereocenters. The predicted molar refractivity (Wildman–Crippen MR) is 62.8 cm³/mol. The highest BCUT2D eigenvalue weighted by Crippen LogP contribution is 2.24. The number of rotatable bonds is 4. The number of aromatic nitrogens is 1. The minimum Gasteiger partial charge on any atom is -0.397 e. The van der Waals surface area contributed by atoms with E-state index in [1.54, 1.807) is 12.3 Å². The third-order valence-electron chi connectivity index (χ3n) is 2.29. The van der Waals surface area contributed by atoms with E-state index in [4.69, 9.17) is 5.73 Å². The molecule has 0 aliphatic heterocycles. The van der Waals surface area contributed by atoms with Crippen LogP contribution in [0.5, 0.6) is 0 Å². The highest BCUT2D eigenvalue weighted by Gasteiger charge is 2.21. The number of halogens is 1. The van der Waals surface area contributed by atoms with Crippen LogP contribution in [0.25, 0.3) is 0 Å². The van der Waals surface area contributed by atoms with Gasteiger partial charge in [-0.25, -0.2) is 0 Å². The number of hydrogen-bond acceptors (Lipinski definition) is 4. The Morgan fingerprint density at radius 3 is 2.80 bits per heavy atom. The molecule has 15 heavy (non-hydrogen) atoms. The summed E-state index contributed by atoms with van der Waals surface area (Å²) in [6, 6.07) is 1.77. The summed E-state index contributed by atoms with van der Waals surface area (Å²) in [6.45, 7) is 1.84. The van der Waals surface area contributed by atoms with Gasteiger partial charge in [0.2, 0.25) is 0 Å². The molecule has 1 aromatic rings. The molecule has 1 rings (SSSR count). The normalized spacial score (nSPS) is 14.9. The lowest BCUT2D eigenvalue weighted by atomic mass is 10.0. The van der Waals surface area contributed by atoms with E-state index in [2.05, 4.69) is 20.9 Å². The van der Waals surface area contributed by atoms with Crippen molar-refractivity contribution in [2.45, 2.75) is 25.6 Å². The molecule has 0 fully saturated rings. The van der Waals surface area contributed by atoms with Gasteiger partial charge in [-0.05, 0) is 25.0 Å². The molecule has 0 spiro atoms. The van der Waals surface area contributed by atoms with Crippen LogP contribution in [0.3, 0.4) is 0 Å². The van der Waals surface area contributed by atoms with Crippen LogP contribution in [-0.2, 0) is 0 Å². The van der Waals surface area contributed by atoms with Gasteiger partial charge >= 0.3 is 0 Å². The van der Waals surface area contributed by atoms with Crippen molar-refractivity contribution in [3.05, 3.63) is 23.5 Å². The second-order valence-corrected chi connectivity index (χ2v) is 4.21. The van der Waals surface area contributed by atoms with Crippen LogP contribution in [-0.4, -0.2) is 26.6 Å². The van der Waals surface area contributed by atoms with Gasteiger partial charge in [0.1, 0.15) is 6.10 Å². The average molecular weight is 275 g/mol. The van der Waals surface area contributed by atoms with Crippen LogP contribution in [0, 0.1) is 6.92 Å². The molecule has 0 saturated carbocycles. The van der Waals surface area contributed by atoms with E-state index >= 15 is 0 Å². The molecular formula is C10H15BrN2O2. The van der Waals surface area contributed by atoms with E-state index in [1.165, 1.54) is 0 Å². The monoisotopic (exact) mass is 274 g/mol. The fourth-order valence-electron chi connectivity index (χ4n) is 1.28. The predicted octanol–water partition coefficient (Wildman–Crippen LogP) is 1.15. The molecule has 1 heterocycles. The van der Waals surface area contributed by atoms with Crippen LogP contribution < -0.4 is 5.73 Å². The molecule has 0 aliphatic rings. The van der Waals surface area contributed by atoms with E-state index < -0.39 is 12.2 Å². The minimum atomic E-state index is -1.03. The first-order valence-corrected chi connectivity index (χ1v) is 5.83. The minimum absolute atomic E-state index is 0.350. The van der Waals surface area contributed by atoms with Crippen LogP contribution in [0.4, 0.5) is 5.69 Å². The molecule has 0 saturated heterocycles. The summed E-state index contributed by atoms with van der Waals surface area (Å²) in [4.78, 5) is 3.99. The van der Waals surface area contributed by atoms with Gasteiger partial charge in [-0.15, -0.1) is 0 Å². The summed E-state index contributed by atoms with van der Waals surface area (Å²) in [5.41, 5.74) is 7.42. The quantitative estimate of drug-likeness (QED) is 0.720. The smallest absolute Gasteiger partial charge is 0.124 e. The fourth-order valence-corrected chi connectivity index (χ4v) is 1.75. The van der Waals surface area contributed by atoms with Crippen LogP contribution in [0.15, 0.2) is 12.3 Å². The van der Waals surface area contributed by atoms with Gasteiger partial charge in [0.05, 0.1) is 17.5 Å². The molecule has 0 amide bonds. The van der Waals surface area contributed by atoms with Gasteiger partial charge in [0, 0.05) is 11.5 Å². The SMILES string of the molecule is Cc1ccnc(C(O)C(O)CCBr)c1N. The van der Waals surface area contributed by atoms with Gasteiger partial charge in [-0.2, -0.15) is 0 Å². The third-order valence-corrected chi connectivity index (χ3v) is 2.75. The number of alkyl halides is 1. The van der Waals surface area contributed by atoms with Crippen molar-refractivity contribution in [3.8, 4) is 0 Å². The van der Waals surface area contributed by atoms with Gasteiger partial charge in [-0.3, -0.25) is 4.98 Å². The Labute approximate surface area is 97.3 Å². The summed E-state index contributed by atoms with van der Waals surface area (Å²) in [6.07, 6.45) is 0.157. The average Bonchev–Trinajstić information content (AvgIpc) is 2.21. The Bertz CT molecular complexity index is 333. The number of aryl methyl sites for hydroxylation is 1. The molecule has 84 valence electrons. The highest BCUT2D eigenvalue weighted by atomic mass is 79.9. The maximum atomic E-state index is 9.81. The van der Waals surface area contributed by atoms with Gasteiger partial charge in [-0.1, -0.05) is 15.9 Å². The summed E-state index contributed by atoms with van der Waals surface area (Å²) in [7, 11) is 0. The number of nitrogens with two attached hydrogens (primary N) is 1. The number of aliphatic hydroxyl groups is 2. The second kappa shape index (κ2) is 5.44. The molecule has 2 atom stereocenters. The number of nitrogen functional groups attached to an aromatic ring is 1. The molecule has 4 nitrogen and oxygen atoms in total. The number of aliphatic hydroxyl groups excluding tert-OH is 2. The lowest BCUT2D eigenvalue weighted by Gasteiger charge is -2.18. The number of anilines is 1. The Hall–Kier alpha value is -0.650. The van der Waals surface area contributed by atoms with Crippen molar-refractivity contribution in [2.24, 2.45) is 0 Å². The van der Waals surface area contributed by atoms with Gasteiger partial charge < -0.3 is 15.9 Å². The molecule has 1 aromatic heterocycles. The topological polar surface area (TPSA) is 79.4 Å². The van der Waals surface area contributed by atoms with Gasteiger partial charge in [0.15, 0.2) is 0 Å². The summed E-state index contributed by atoms with van der Waals surface area (Å²) >= 11 is 3.20. The van der Waals surface area contributed by atoms with Crippen LogP contribution >= 0.6 is 15.9 Å². The lowest BCUT2D eigenvalue weighted by Crippen LogP contribution is -2.21. The van der Waals surface area contributed by atoms with Crippen molar-refractivity contribution in [2.75, 3.05) is 11.1 Å². The standard InChI is InChI=1S/C10H15BrN2O2/c1-6-3-5-13-9(8(6)12)10(15)7(14)2-4-11/h3,5,7,10,14-15H,2,4,12H2,1H3. The summed E-state index contributed by atoms with van der Waals surface area (Å²) in [5, 5.41) is 20.0. The zero-order chi connectivity index (χ0) is 11.4. The highest BCUT2D eigenvalue weighted by molar-refractivity contribution is 9.09. The first kappa shape index (κ1) is 12.4.